The van der Waals surface area contributed by atoms with Crippen LogP contribution in [0.25, 0.3) is 0 Å². The molecule has 0 aliphatic heterocycles. The first-order chi connectivity index (χ1) is 9.55. The third-order valence-corrected chi connectivity index (χ3v) is 7.32. The number of quaternary nitrogens is 1. The van der Waals surface area contributed by atoms with Crippen LogP contribution in [0.15, 0.2) is 12.2 Å². The summed E-state index contributed by atoms with van der Waals surface area (Å²) in [6, 6.07) is 0. The molecule has 0 aliphatic carbocycles. The maximum atomic E-state index is 12.9. The van der Waals surface area contributed by atoms with E-state index in [1.54, 1.807) is 28.1 Å². The van der Waals surface area contributed by atoms with Crippen LogP contribution >= 0.6 is 7.29 Å². The summed E-state index contributed by atoms with van der Waals surface area (Å²) in [6.45, 7) is 1.58. The molecule has 0 saturated heterocycles. The van der Waals surface area contributed by atoms with Gasteiger partial charge in [-0.25, -0.2) is 4.79 Å². The van der Waals surface area contributed by atoms with E-state index in [1.807, 2.05) is 0 Å². The quantitative estimate of drug-likeness (QED) is 0.352. The molecule has 122 valence electrons. The van der Waals surface area contributed by atoms with Crippen molar-refractivity contribution in [3.05, 3.63) is 12.2 Å². The van der Waals surface area contributed by atoms with Gasteiger partial charge in [-0.1, -0.05) is 6.92 Å². The number of carboxylic acids is 1. The molecule has 0 fully saturated rings. The van der Waals surface area contributed by atoms with Gasteiger partial charge in [0.05, 0.1) is 33.3 Å². The number of carbonyl (C=O) groups excluding carboxylic acids is 2. The molecule has 0 amide bonds. The Balaban J connectivity index is 4.95. The average Bonchev–Trinajstić information content (AvgIpc) is 2.35. The van der Waals surface area contributed by atoms with Crippen LogP contribution in [0.2, 0.25) is 0 Å². The molecule has 0 spiro atoms. The van der Waals surface area contributed by atoms with Crippen LogP contribution < -0.4 is 5.11 Å². The highest BCUT2D eigenvalue weighted by molar-refractivity contribution is 7.58. The summed E-state index contributed by atoms with van der Waals surface area (Å²) in [5.74, 6) is -2.36. The fourth-order valence-electron chi connectivity index (χ4n) is 1.79. The minimum absolute atomic E-state index is 0.137. The smallest absolute Gasteiger partial charge is 0.331 e. The van der Waals surface area contributed by atoms with Crippen molar-refractivity contribution in [1.82, 2.24) is 0 Å². The van der Waals surface area contributed by atoms with Gasteiger partial charge in [-0.05, 0) is 6.08 Å². The standard InChI is InChI=1S/C13H24NO6P/c1-5-21(19,14(2,3)4)10-11(8-9-15)20-13(18)7-6-12(16)17/h6-7,11,15H,5,8-10H2,1-4H3/b7-6-. The number of nitrogens with zero attached hydrogens (tertiary/aromatic N) is 1. The van der Waals surface area contributed by atoms with E-state index >= 15 is 0 Å². The van der Waals surface area contributed by atoms with Gasteiger partial charge in [-0.15, -0.1) is 0 Å². The summed E-state index contributed by atoms with van der Waals surface area (Å²) in [5.41, 5.74) is 0. The fraction of sp³-hybridized carbons (Fsp3) is 0.692. The van der Waals surface area contributed by atoms with Gasteiger partial charge in [-0.3, -0.25) is 8.82 Å². The zero-order valence-electron chi connectivity index (χ0n) is 12.9. The van der Waals surface area contributed by atoms with E-state index in [4.69, 9.17) is 9.84 Å². The van der Waals surface area contributed by atoms with Crippen LogP contribution in [-0.4, -0.2) is 67.5 Å². The predicted octanol–water partition coefficient (Wildman–Crippen LogP) is -0.409. The van der Waals surface area contributed by atoms with Crippen molar-refractivity contribution >= 4 is 19.2 Å². The van der Waals surface area contributed by atoms with Gasteiger partial charge in [0.2, 0.25) is 0 Å². The fourth-order valence-corrected chi connectivity index (χ4v) is 4.28. The lowest BCUT2D eigenvalue weighted by atomic mass is 10.3. The Kier molecular flexibility index (Phi) is 7.85. The first kappa shape index (κ1) is 19.8. The molecule has 0 radical (unpaired) electrons. The second kappa shape index (κ2) is 8.32. The summed E-state index contributed by atoms with van der Waals surface area (Å²) < 4.78 is 18.2. The predicted molar refractivity (Wildman–Crippen MR) is 76.8 cm³/mol. The summed E-state index contributed by atoms with van der Waals surface area (Å²) in [7, 11) is 2.74. The van der Waals surface area contributed by atoms with Gasteiger partial charge in [0, 0.05) is 25.3 Å². The lowest BCUT2D eigenvalue weighted by Crippen LogP contribution is -2.36. The van der Waals surface area contributed by atoms with Gasteiger partial charge < -0.3 is 19.7 Å². The van der Waals surface area contributed by atoms with Gasteiger partial charge in [0.1, 0.15) is 6.10 Å². The van der Waals surface area contributed by atoms with Crippen molar-refractivity contribution < 1.29 is 33.4 Å². The van der Waals surface area contributed by atoms with Crippen molar-refractivity contribution in [1.29, 1.82) is 0 Å². The summed E-state index contributed by atoms with van der Waals surface area (Å²) >= 11 is 0. The second-order valence-corrected chi connectivity index (χ2v) is 9.40. The number of aliphatic hydroxyl groups excluding tert-OH is 1. The van der Waals surface area contributed by atoms with E-state index in [1.165, 1.54) is 0 Å². The molecular formula is C13H24NO6P. The van der Waals surface area contributed by atoms with E-state index in [0.29, 0.717) is 12.2 Å². The van der Waals surface area contributed by atoms with Crippen LogP contribution in [0.3, 0.4) is 0 Å². The number of ether oxygens (including phenoxy) is 1. The summed E-state index contributed by atoms with van der Waals surface area (Å²) in [5, 5.41) is 19.3. The lowest BCUT2D eigenvalue weighted by Gasteiger charge is -2.35. The van der Waals surface area contributed by atoms with Crippen molar-refractivity contribution in [2.24, 2.45) is 0 Å². The van der Waals surface area contributed by atoms with Crippen LogP contribution in [0, 0.1) is 0 Å². The molecule has 0 aromatic rings. The minimum Gasteiger partial charge on any atom is -0.545 e. The largest absolute Gasteiger partial charge is 0.545 e. The summed E-state index contributed by atoms with van der Waals surface area (Å²) in [6.07, 6.45) is 1.30. The van der Waals surface area contributed by atoms with Crippen molar-refractivity contribution in [2.75, 3.05) is 40.1 Å². The van der Waals surface area contributed by atoms with E-state index in [0.717, 1.165) is 6.08 Å². The van der Waals surface area contributed by atoms with Crippen molar-refractivity contribution in [3.8, 4) is 0 Å². The molecule has 2 unspecified atom stereocenters. The number of carbonyl (C=O) groups is 2. The summed E-state index contributed by atoms with van der Waals surface area (Å²) in [4.78, 5) is 21.7. The Labute approximate surface area is 125 Å². The first-order valence-corrected chi connectivity index (χ1v) is 8.69. The molecule has 8 heteroatoms. The molecule has 0 rings (SSSR count). The molecule has 0 heterocycles. The van der Waals surface area contributed by atoms with Crippen molar-refractivity contribution in [3.63, 3.8) is 0 Å². The maximum Gasteiger partial charge on any atom is 0.331 e. The monoisotopic (exact) mass is 321 g/mol. The zero-order chi connectivity index (χ0) is 16.7. The molecule has 2 atom stereocenters. The Morgan fingerprint density at radius 3 is 2.29 bits per heavy atom. The number of aliphatic hydroxyl groups is 1. The zero-order valence-corrected chi connectivity index (χ0v) is 13.8. The highest BCUT2D eigenvalue weighted by Gasteiger charge is 2.38. The van der Waals surface area contributed by atoms with Crippen molar-refractivity contribution in [2.45, 2.75) is 19.4 Å². The lowest BCUT2D eigenvalue weighted by molar-refractivity contribution is -0.746. The third-order valence-electron chi connectivity index (χ3n) is 3.17. The number of carboxylic acid groups (broad SMARTS) is 1. The Morgan fingerprint density at radius 2 is 1.90 bits per heavy atom. The van der Waals surface area contributed by atoms with E-state index in [9.17, 15) is 19.3 Å². The van der Waals surface area contributed by atoms with Crippen LogP contribution in [0.4, 0.5) is 0 Å². The second-order valence-electron chi connectivity index (χ2n) is 5.51. The highest BCUT2D eigenvalue weighted by Crippen LogP contribution is 2.53. The number of aliphatic carboxylic acids is 1. The molecule has 0 aromatic carbocycles. The van der Waals surface area contributed by atoms with Gasteiger partial charge >= 0.3 is 5.97 Å². The SMILES string of the molecule is CCP(=O)(CC(CCO)OC(=O)/C=C\C(=O)[O-])[N+](C)(C)C. The molecule has 21 heavy (non-hydrogen) atoms. The topological polar surface area (TPSA) is 104 Å². The van der Waals surface area contributed by atoms with Crippen LogP contribution in [0.5, 0.6) is 0 Å². The molecule has 1 N–H and O–H groups in total. The number of rotatable bonds is 9. The van der Waals surface area contributed by atoms with Gasteiger partial charge in [0.25, 0.3) is 7.29 Å². The molecular weight excluding hydrogens is 297 g/mol. The van der Waals surface area contributed by atoms with Crippen LogP contribution in [0.1, 0.15) is 13.3 Å². The first-order valence-electron chi connectivity index (χ1n) is 6.66. The Bertz CT molecular complexity index is 440. The number of esters is 1. The molecule has 0 aliphatic rings. The average molecular weight is 321 g/mol. The minimum atomic E-state index is -2.67. The molecule has 0 bridgehead atoms. The maximum absolute atomic E-state index is 12.9. The van der Waals surface area contributed by atoms with E-state index in [-0.39, 0.29) is 23.4 Å². The van der Waals surface area contributed by atoms with E-state index in [2.05, 4.69) is 0 Å². The molecule has 0 aromatic heterocycles. The van der Waals surface area contributed by atoms with E-state index < -0.39 is 25.3 Å². The Morgan fingerprint density at radius 1 is 1.33 bits per heavy atom. The van der Waals surface area contributed by atoms with Gasteiger partial charge in [-0.2, -0.15) is 0 Å². The Hall–Kier alpha value is -1.17. The third kappa shape index (κ3) is 6.89. The number of hydrogen-bond donors (Lipinski definition) is 1. The molecule has 7 nitrogen and oxygen atoms in total. The highest BCUT2D eigenvalue weighted by atomic mass is 31.2. The van der Waals surface area contributed by atoms with Crippen LogP contribution in [-0.2, 0) is 18.9 Å². The molecule has 0 saturated carbocycles. The normalized spacial score (nSPS) is 16.4. The number of hydrogen-bond acceptors (Lipinski definition) is 6. The van der Waals surface area contributed by atoms with Gasteiger partial charge in [0.15, 0.2) is 0 Å².